The van der Waals surface area contributed by atoms with E-state index in [1.54, 1.807) is 41.1 Å². The van der Waals surface area contributed by atoms with Gasteiger partial charge >= 0.3 is 6.01 Å². The van der Waals surface area contributed by atoms with Crippen LogP contribution < -0.4 is 10.1 Å². The van der Waals surface area contributed by atoms with Gasteiger partial charge in [0.15, 0.2) is 5.82 Å². The number of aromatic nitrogens is 3. The van der Waals surface area contributed by atoms with E-state index in [9.17, 15) is 9.18 Å². The molecule has 0 fully saturated rings. The molecule has 0 bridgehead atoms. The summed E-state index contributed by atoms with van der Waals surface area (Å²) in [6, 6.07) is 13.5. The van der Waals surface area contributed by atoms with Crippen LogP contribution in [0.2, 0.25) is 0 Å². The number of hydrogen-bond donors (Lipinski definition) is 1. The number of ether oxygens (including phenoxy) is 2. The third-order valence-electron chi connectivity index (χ3n) is 4.24. The molecule has 0 atom stereocenters. The van der Waals surface area contributed by atoms with Crippen LogP contribution in [0.3, 0.4) is 0 Å². The maximum absolute atomic E-state index is 13.8. The minimum absolute atomic E-state index is 0.0612. The molecule has 0 spiro atoms. The van der Waals surface area contributed by atoms with Gasteiger partial charge in [-0.2, -0.15) is 4.98 Å². The predicted molar refractivity (Wildman–Crippen MR) is 112 cm³/mol. The Morgan fingerprint density at radius 2 is 1.93 bits per heavy atom. The second kappa shape index (κ2) is 9.98. The molecule has 8 heteroatoms. The summed E-state index contributed by atoms with van der Waals surface area (Å²) in [6.07, 6.45) is 0. The summed E-state index contributed by atoms with van der Waals surface area (Å²) in [6.45, 7) is 6.89. The summed E-state index contributed by atoms with van der Waals surface area (Å²) in [7, 11) is 0. The fourth-order valence-corrected chi connectivity index (χ4v) is 2.66. The van der Waals surface area contributed by atoms with E-state index in [1.165, 1.54) is 12.1 Å². The zero-order chi connectivity index (χ0) is 21.5. The monoisotopic (exact) mass is 412 g/mol. The van der Waals surface area contributed by atoms with Gasteiger partial charge in [0.25, 0.3) is 0 Å². The van der Waals surface area contributed by atoms with Crippen LogP contribution >= 0.6 is 0 Å². The molecule has 2 aromatic carbocycles. The highest BCUT2D eigenvalue weighted by Gasteiger charge is 2.16. The van der Waals surface area contributed by atoms with E-state index in [4.69, 9.17) is 9.47 Å². The Bertz CT molecular complexity index is 986. The van der Waals surface area contributed by atoms with E-state index in [0.717, 1.165) is 0 Å². The van der Waals surface area contributed by atoms with Gasteiger partial charge in [-0.3, -0.25) is 4.79 Å². The number of benzene rings is 2. The van der Waals surface area contributed by atoms with Crippen LogP contribution in [-0.2, 0) is 9.53 Å². The first kappa shape index (κ1) is 21.4. The lowest BCUT2D eigenvalue weighted by molar-refractivity contribution is -0.118. The molecule has 1 heterocycles. The topological polar surface area (TPSA) is 78.3 Å². The summed E-state index contributed by atoms with van der Waals surface area (Å²) in [5.41, 5.74) is 1.95. The largest absolute Gasteiger partial charge is 0.460 e. The van der Waals surface area contributed by atoms with Crippen molar-refractivity contribution in [1.29, 1.82) is 0 Å². The van der Waals surface area contributed by atoms with Crippen LogP contribution in [0.4, 0.5) is 10.1 Å². The Hall–Kier alpha value is -3.26. The molecule has 0 saturated heterocycles. The highest BCUT2D eigenvalue weighted by Crippen LogP contribution is 2.25. The lowest BCUT2D eigenvalue weighted by Gasteiger charge is -2.09. The molecule has 30 heavy (non-hydrogen) atoms. The van der Waals surface area contributed by atoms with Crippen molar-refractivity contribution < 1.29 is 18.7 Å². The van der Waals surface area contributed by atoms with Crippen molar-refractivity contribution in [2.24, 2.45) is 5.92 Å². The molecule has 7 nitrogen and oxygen atoms in total. The minimum Gasteiger partial charge on any atom is -0.460 e. The highest BCUT2D eigenvalue weighted by molar-refractivity contribution is 5.92. The van der Waals surface area contributed by atoms with Crippen molar-refractivity contribution in [2.75, 3.05) is 25.1 Å². The molecule has 1 amide bonds. The molecular formula is C22H25FN4O3. The van der Waals surface area contributed by atoms with Crippen molar-refractivity contribution in [3.05, 3.63) is 54.3 Å². The van der Waals surface area contributed by atoms with E-state index < -0.39 is 0 Å². The van der Waals surface area contributed by atoms with Gasteiger partial charge in [0.2, 0.25) is 5.91 Å². The van der Waals surface area contributed by atoms with Gasteiger partial charge in [0.05, 0.1) is 12.3 Å². The maximum atomic E-state index is 13.8. The third kappa shape index (κ3) is 5.42. The molecule has 0 unspecified atom stereocenters. The van der Waals surface area contributed by atoms with E-state index in [2.05, 4.69) is 15.4 Å². The summed E-state index contributed by atoms with van der Waals surface area (Å²) in [5.74, 6) is -0.0996. The van der Waals surface area contributed by atoms with Gasteiger partial charge in [0, 0.05) is 23.8 Å². The lowest BCUT2D eigenvalue weighted by Crippen LogP contribution is -2.17. The Labute approximate surface area is 174 Å². The second-order valence-corrected chi connectivity index (χ2v) is 6.88. The van der Waals surface area contributed by atoms with Crippen molar-refractivity contribution in [1.82, 2.24) is 14.8 Å². The van der Waals surface area contributed by atoms with Gasteiger partial charge in [-0.25, -0.2) is 9.07 Å². The average molecular weight is 412 g/mol. The third-order valence-corrected chi connectivity index (χ3v) is 4.24. The number of amides is 1. The number of nitrogens with one attached hydrogen (secondary N) is 1. The molecule has 1 N–H and O–H groups in total. The lowest BCUT2D eigenvalue weighted by atomic mass is 10.2. The van der Waals surface area contributed by atoms with Gasteiger partial charge in [-0.05, 0) is 43.3 Å². The summed E-state index contributed by atoms with van der Waals surface area (Å²) in [4.78, 5) is 16.3. The number of carbonyl (C=O) groups is 1. The van der Waals surface area contributed by atoms with Crippen LogP contribution in [0.1, 0.15) is 20.8 Å². The molecule has 3 aromatic rings. The van der Waals surface area contributed by atoms with Crippen molar-refractivity contribution in [3.8, 4) is 23.1 Å². The Kier molecular flexibility index (Phi) is 7.13. The Balaban J connectivity index is 1.89. The standard InChI is InChI=1S/C22H25FN4O3/c1-4-29-12-13-30-22-25-20(16-6-5-7-17(23)14-16)27(26-22)19-10-8-18(9-11-19)24-21(28)15(2)3/h5-11,14-15H,4,12-13H2,1-3H3,(H,24,28). The molecule has 158 valence electrons. The van der Waals surface area contributed by atoms with Crippen LogP contribution in [0, 0.1) is 11.7 Å². The Morgan fingerprint density at radius 3 is 2.60 bits per heavy atom. The van der Waals surface area contributed by atoms with Gasteiger partial charge in [0.1, 0.15) is 12.4 Å². The van der Waals surface area contributed by atoms with E-state index in [0.29, 0.717) is 42.6 Å². The van der Waals surface area contributed by atoms with E-state index in [1.807, 2.05) is 20.8 Å². The minimum atomic E-state index is -0.368. The molecule has 0 aliphatic rings. The molecule has 3 rings (SSSR count). The van der Waals surface area contributed by atoms with E-state index >= 15 is 0 Å². The first-order valence-corrected chi connectivity index (χ1v) is 9.82. The number of anilines is 1. The quantitative estimate of drug-likeness (QED) is 0.536. The van der Waals surface area contributed by atoms with Crippen molar-refractivity contribution in [2.45, 2.75) is 20.8 Å². The summed E-state index contributed by atoms with van der Waals surface area (Å²) < 4.78 is 26.2. The van der Waals surface area contributed by atoms with E-state index in [-0.39, 0.29) is 23.7 Å². The number of rotatable bonds is 9. The molecule has 1 aromatic heterocycles. The molecular weight excluding hydrogens is 387 g/mol. The zero-order valence-electron chi connectivity index (χ0n) is 17.3. The van der Waals surface area contributed by atoms with Crippen molar-refractivity contribution >= 4 is 11.6 Å². The highest BCUT2D eigenvalue weighted by atomic mass is 19.1. The normalized spacial score (nSPS) is 11.0. The van der Waals surface area contributed by atoms with Gasteiger partial charge in [-0.15, -0.1) is 5.10 Å². The van der Waals surface area contributed by atoms with Crippen LogP contribution in [0.15, 0.2) is 48.5 Å². The summed E-state index contributed by atoms with van der Waals surface area (Å²) >= 11 is 0. The van der Waals surface area contributed by atoms with Crippen LogP contribution in [0.5, 0.6) is 6.01 Å². The van der Waals surface area contributed by atoms with Crippen LogP contribution in [-0.4, -0.2) is 40.5 Å². The number of hydrogen-bond acceptors (Lipinski definition) is 5. The molecule has 0 radical (unpaired) electrons. The number of carbonyl (C=O) groups excluding carboxylic acids is 1. The predicted octanol–water partition coefficient (Wildman–Crippen LogP) is 4.08. The second-order valence-electron chi connectivity index (χ2n) is 6.88. The summed E-state index contributed by atoms with van der Waals surface area (Å²) in [5, 5.41) is 7.27. The molecule has 0 aliphatic carbocycles. The first-order valence-electron chi connectivity index (χ1n) is 9.82. The average Bonchev–Trinajstić information content (AvgIpc) is 3.16. The van der Waals surface area contributed by atoms with Gasteiger partial charge in [-0.1, -0.05) is 26.0 Å². The smallest absolute Gasteiger partial charge is 0.336 e. The molecule has 0 aliphatic heterocycles. The number of halogens is 1. The van der Waals surface area contributed by atoms with Crippen LogP contribution in [0.25, 0.3) is 17.1 Å². The molecule has 0 saturated carbocycles. The van der Waals surface area contributed by atoms with Crippen molar-refractivity contribution in [3.63, 3.8) is 0 Å². The fourth-order valence-electron chi connectivity index (χ4n) is 2.66. The zero-order valence-corrected chi connectivity index (χ0v) is 17.3. The first-order chi connectivity index (χ1) is 14.5. The maximum Gasteiger partial charge on any atom is 0.336 e. The Morgan fingerprint density at radius 1 is 1.17 bits per heavy atom. The number of nitrogens with zero attached hydrogens (tertiary/aromatic N) is 3. The fraction of sp³-hybridized carbons (Fsp3) is 0.318. The SMILES string of the molecule is CCOCCOc1nc(-c2cccc(F)c2)n(-c2ccc(NC(=O)C(C)C)cc2)n1. The van der Waals surface area contributed by atoms with Gasteiger partial charge < -0.3 is 14.8 Å².